The minimum Gasteiger partial charge on any atom is -0.369 e. The first kappa shape index (κ1) is 20.9. The third-order valence-corrected chi connectivity index (χ3v) is 3.27. The Balaban J connectivity index is 0.00000441. The highest BCUT2D eigenvalue weighted by Gasteiger charge is 2.14. The van der Waals surface area contributed by atoms with Gasteiger partial charge >= 0.3 is 0 Å². The zero-order valence-electron chi connectivity index (χ0n) is 14.0. The summed E-state index contributed by atoms with van der Waals surface area (Å²) in [5.41, 5.74) is 1.94. The van der Waals surface area contributed by atoms with Gasteiger partial charge in [0.1, 0.15) is 6.10 Å². The molecule has 1 aromatic rings. The first-order valence-electron chi connectivity index (χ1n) is 7.75. The van der Waals surface area contributed by atoms with Crippen molar-refractivity contribution in [2.75, 3.05) is 18.5 Å². The van der Waals surface area contributed by atoms with Crippen molar-refractivity contribution < 1.29 is 9.53 Å². The fourth-order valence-corrected chi connectivity index (χ4v) is 1.85. The van der Waals surface area contributed by atoms with Crippen LogP contribution in [0.2, 0.25) is 0 Å². The van der Waals surface area contributed by atoms with Crippen LogP contribution in [0.25, 0.3) is 0 Å². The summed E-state index contributed by atoms with van der Waals surface area (Å²) < 4.78 is 5.58. The standard InChI is InChI=1S/C17H28N2O2.ClH/c1-5-18-12-15-8-6-7-9-16(15)19-17(20)14(4)21-11-10-13(2)3;/h6-9,13-14,18H,5,10-12H2,1-4H3,(H,19,20);1H. The van der Waals surface area contributed by atoms with Crippen molar-refractivity contribution in [1.29, 1.82) is 0 Å². The van der Waals surface area contributed by atoms with Gasteiger partial charge in [0, 0.05) is 18.8 Å². The predicted molar refractivity (Wildman–Crippen MR) is 94.6 cm³/mol. The van der Waals surface area contributed by atoms with E-state index in [1.54, 1.807) is 6.92 Å². The highest BCUT2D eigenvalue weighted by molar-refractivity contribution is 5.94. The third-order valence-electron chi connectivity index (χ3n) is 3.27. The van der Waals surface area contributed by atoms with Crippen LogP contribution in [0.5, 0.6) is 0 Å². The van der Waals surface area contributed by atoms with Crippen LogP contribution in [0.1, 0.15) is 39.7 Å². The minimum atomic E-state index is -0.434. The second kappa shape index (κ2) is 11.5. The van der Waals surface area contributed by atoms with Crippen LogP contribution in [0.4, 0.5) is 5.69 Å². The van der Waals surface area contributed by atoms with Crippen LogP contribution in [0.3, 0.4) is 0 Å². The maximum atomic E-state index is 12.2. The summed E-state index contributed by atoms with van der Waals surface area (Å²) in [4.78, 5) is 12.2. The first-order valence-corrected chi connectivity index (χ1v) is 7.75. The first-order chi connectivity index (χ1) is 10.0. The molecule has 0 bridgehead atoms. The lowest BCUT2D eigenvalue weighted by Crippen LogP contribution is -2.29. The van der Waals surface area contributed by atoms with Crippen LogP contribution < -0.4 is 10.6 Å². The molecule has 22 heavy (non-hydrogen) atoms. The summed E-state index contributed by atoms with van der Waals surface area (Å²) in [6.07, 6.45) is 0.533. The topological polar surface area (TPSA) is 50.4 Å². The van der Waals surface area contributed by atoms with Gasteiger partial charge in [-0.1, -0.05) is 39.0 Å². The molecule has 0 aliphatic heterocycles. The van der Waals surface area contributed by atoms with E-state index in [4.69, 9.17) is 4.74 Å². The van der Waals surface area contributed by atoms with Crippen LogP contribution in [0, 0.1) is 5.92 Å². The van der Waals surface area contributed by atoms with E-state index in [1.165, 1.54) is 0 Å². The number of carbonyl (C=O) groups excluding carboxylic acids is 1. The summed E-state index contributed by atoms with van der Waals surface area (Å²) in [6.45, 7) is 10.4. The minimum absolute atomic E-state index is 0. The van der Waals surface area contributed by atoms with Gasteiger partial charge in [0.25, 0.3) is 5.91 Å². The third kappa shape index (κ3) is 7.78. The van der Waals surface area contributed by atoms with Gasteiger partial charge in [0.2, 0.25) is 0 Å². The van der Waals surface area contributed by atoms with Crippen molar-refractivity contribution in [3.05, 3.63) is 29.8 Å². The summed E-state index contributed by atoms with van der Waals surface area (Å²) >= 11 is 0. The molecule has 0 saturated heterocycles. The van der Waals surface area contributed by atoms with E-state index in [1.807, 2.05) is 24.3 Å². The van der Waals surface area contributed by atoms with Gasteiger partial charge < -0.3 is 15.4 Å². The van der Waals surface area contributed by atoms with E-state index in [2.05, 4.69) is 31.4 Å². The lowest BCUT2D eigenvalue weighted by Gasteiger charge is -2.16. The number of para-hydroxylation sites is 1. The number of amides is 1. The lowest BCUT2D eigenvalue weighted by atomic mass is 10.1. The Bertz CT molecular complexity index is 438. The number of nitrogens with one attached hydrogen (secondary N) is 2. The molecule has 1 rings (SSSR count). The number of halogens is 1. The summed E-state index contributed by atoms with van der Waals surface area (Å²) in [6, 6.07) is 7.84. The second-order valence-electron chi connectivity index (χ2n) is 5.62. The zero-order chi connectivity index (χ0) is 15.7. The average molecular weight is 329 g/mol. The SMILES string of the molecule is CCNCc1ccccc1NC(=O)C(C)OCCC(C)C.Cl. The molecule has 0 aromatic heterocycles. The van der Waals surface area contributed by atoms with Crippen molar-refractivity contribution in [3.8, 4) is 0 Å². The molecule has 0 aliphatic rings. The Kier molecular flexibility index (Phi) is 10.9. The Morgan fingerprint density at radius 2 is 1.91 bits per heavy atom. The van der Waals surface area contributed by atoms with Gasteiger partial charge in [-0.3, -0.25) is 4.79 Å². The molecule has 0 radical (unpaired) electrons. The zero-order valence-corrected chi connectivity index (χ0v) is 14.8. The maximum absolute atomic E-state index is 12.2. The van der Waals surface area contributed by atoms with Crippen LogP contribution in [-0.2, 0) is 16.1 Å². The lowest BCUT2D eigenvalue weighted by molar-refractivity contribution is -0.126. The molecule has 0 heterocycles. The smallest absolute Gasteiger partial charge is 0.253 e. The van der Waals surface area contributed by atoms with Crippen molar-refractivity contribution in [1.82, 2.24) is 5.32 Å². The van der Waals surface area contributed by atoms with Gasteiger partial charge in [-0.05, 0) is 37.4 Å². The number of carbonyl (C=O) groups is 1. The molecule has 126 valence electrons. The van der Waals surface area contributed by atoms with Crippen molar-refractivity contribution in [3.63, 3.8) is 0 Å². The molecule has 0 saturated carbocycles. The monoisotopic (exact) mass is 328 g/mol. The molecule has 5 heteroatoms. The number of hydrogen-bond donors (Lipinski definition) is 2. The highest BCUT2D eigenvalue weighted by atomic mass is 35.5. The summed E-state index contributed by atoms with van der Waals surface area (Å²) in [7, 11) is 0. The van der Waals surface area contributed by atoms with E-state index in [0.29, 0.717) is 12.5 Å². The van der Waals surface area contributed by atoms with Crippen molar-refractivity contribution >= 4 is 24.0 Å². The number of anilines is 1. The van der Waals surface area contributed by atoms with E-state index in [0.717, 1.165) is 30.8 Å². The molecule has 4 nitrogen and oxygen atoms in total. The molecule has 1 atom stereocenters. The molecule has 0 fully saturated rings. The van der Waals surface area contributed by atoms with Gasteiger partial charge in [-0.15, -0.1) is 12.4 Å². The predicted octanol–water partition coefficient (Wildman–Crippen LogP) is 3.61. The van der Waals surface area contributed by atoms with E-state index < -0.39 is 6.10 Å². The highest BCUT2D eigenvalue weighted by Crippen LogP contribution is 2.15. The number of rotatable bonds is 9. The van der Waals surface area contributed by atoms with Crippen LogP contribution in [0.15, 0.2) is 24.3 Å². The maximum Gasteiger partial charge on any atom is 0.253 e. The Morgan fingerprint density at radius 3 is 2.55 bits per heavy atom. The van der Waals surface area contributed by atoms with Gasteiger partial charge in [0.05, 0.1) is 0 Å². The molecular weight excluding hydrogens is 300 g/mol. The summed E-state index contributed by atoms with van der Waals surface area (Å²) in [5.74, 6) is 0.490. The normalized spacial score (nSPS) is 11.9. The van der Waals surface area contributed by atoms with E-state index >= 15 is 0 Å². The van der Waals surface area contributed by atoms with Gasteiger partial charge in [-0.2, -0.15) is 0 Å². The average Bonchev–Trinajstić information content (AvgIpc) is 2.45. The molecule has 0 aliphatic carbocycles. The fraction of sp³-hybridized carbons (Fsp3) is 0.588. The molecular formula is C17H29ClN2O2. The quantitative estimate of drug-likeness (QED) is 0.728. The Morgan fingerprint density at radius 1 is 1.23 bits per heavy atom. The van der Waals surface area contributed by atoms with Gasteiger partial charge in [-0.25, -0.2) is 0 Å². The molecule has 0 spiro atoms. The summed E-state index contributed by atoms with van der Waals surface area (Å²) in [5, 5.41) is 6.22. The van der Waals surface area contributed by atoms with Gasteiger partial charge in [0.15, 0.2) is 0 Å². The number of benzene rings is 1. The van der Waals surface area contributed by atoms with Crippen LogP contribution >= 0.6 is 12.4 Å². The fourth-order valence-electron chi connectivity index (χ4n) is 1.85. The number of ether oxygens (including phenoxy) is 1. The second-order valence-corrected chi connectivity index (χ2v) is 5.62. The molecule has 1 aromatic carbocycles. The van der Waals surface area contributed by atoms with E-state index in [-0.39, 0.29) is 18.3 Å². The van der Waals surface area contributed by atoms with Crippen molar-refractivity contribution in [2.24, 2.45) is 5.92 Å². The number of hydrogen-bond acceptors (Lipinski definition) is 3. The molecule has 1 unspecified atom stereocenters. The Labute approximate surface area is 140 Å². The van der Waals surface area contributed by atoms with Crippen LogP contribution in [-0.4, -0.2) is 25.2 Å². The Hall–Kier alpha value is -1.10. The van der Waals surface area contributed by atoms with E-state index in [9.17, 15) is 4.79 Å². The molecule has 2 N–H and O–H groups in total. The van der Waals surface area contributed by atoms with Crippen molar-refractivity contribution in [2.45, 2.75) is 46.8 Å². The largest absolute Gasteiger partial charge is 0.369 e. The molecule has 1 amide bonds.